The van der Waals surface area contributed by atoms with Gasteiger partial charge in [-0.25, -0.2) is 9.59 Å². The van der Waals surface area contributed by atoms with Crippen LogP contribution >= 0.6 is 0 Å². The van der Waals surface area contributed by atoms with Crippen LogP contribution in [0, 0.1) is 0 Å². The molecule has 0 spiro atoms. The average Bonchev–Trinajstić information content (AvgIpc) is 3.13. The lowest BCUT2D eigenvalue weighted by Gasteiger charge is -2.22. The first-order valence-corrected chi connectivity index (χ1v) is 9.36. The lowest BCUT2D eigenvalue weighted by atomic mass is 10.2. The largest absolute Gasteiger partial charge is 0.464 e. The van der Waals surface area contributed by atoms with Gasteiger partial charge in [-0.1, -0.05) is 62.9 Å². The zero-order chi connectivity index (χ0) is 17.9. The molecule has 1 aromatic rings. The number of unbranched alkanes of at least 4 members (excludes halogenated alkanes) is 4. The number of hydrogen-bond acceptors (Lipinski definition) is 4. The lowest BCUT2D eigenvalue weighted by molar-refractivity contribution is -0.148. The van der Waals surface area contributed by atoms with Crippen LogP contribution in [0.15, 0.2) is 30.3 Å². The van der Waals surface area contributed by atoms with E-state index in [2.05, 4.69) is 6.92 Å². The fourth-order valence-corrected chi connectivity index (χ4v) is 3.01. The van der Waals surface area contributed by atoms with Crippen molar-refractivity contribution in [2.45, 2.75) is 64.5 Å². The molecule has 0 saturated carbocycles. The summed E-state index contributed by atoms with van der Waals surface area (Å²) in [6.07, 6.45) is 6.57. The van der Waals surface area contributed by atoms with Gasteiger partial charge in [0.25, 0.3) is 0 Å². The molecule has 25 heavy (non-hydrogen) atoms. The number of carbonyl (C=O) groups is 2. The van der Waals surface area contributed by atoms with Crippen molar-refractivity contribution in [1.29, 1.82) is 0 Å². The minimum Gasteiger partial charge on any atom is -0.464 e. The highest BCUT2D eigenvalue weighted by molar-refractivity contribution is 5.82. The summed E-state index contributed by atoms with van der Waals surface area (Å²) in [6, 6.07) is 9.03. The number of esters is 1. The Bertz CT molecular complexity index is 532. The molecule has 5 nitrogen and oxygen atoms in total. The zero-order valence-electron chi connectivity index (χ0n) is 15.1. The van der Waals surface area contributed by atoms with E-state index in [0.29, 0.717) is 19.6 Å². The van der Waals surface area contributed by atoms with Crippen LogP contribution in [0.1, 0.15) is 57.4 Å². The summed E-state index contributed by atoms with van der Waals surface area (Å²) in [7, 11) is 0. The number of nitrogens with zero attached hydrogens (tertiary/aromatic N) is 1. The van der Waals surface area contributed by atoms with Gasteiger partial charge < -0.3 is 9.47 Å². The monoisotopic (exact) mass is 347 g/mol. The number of amides is 1. The minimum atomic E-state index is -0.501. The van der Waals surface area contributed by atoms with E-state index in [1.807, 2.05) is 30.3 Å². The molecular weight excluding hydrogens is 318 g/mol. The zero-order valence-corrected chi connectivity index (χ0v) is 15.1. The second-order valence-corrected chi connectivity index (χ2v) is 6.47. The third kappa shape index (κ3) is 6.40. The smallest absolute Gasteiger partial charge is 0.410 e. The van der Waals surface area contributed by atoms with Crippen LogP contribution < -0.4 is 0 Å². The van der Waals surface area contributed by atoms with Gasteiger partial charge in [0, 0.05) is 6.54 Å². The quantitative estimate of drug-likeness (QED) is 0.494. The van der Waals surface area contributed by atoms with Gasteiger partial charge in [0.2, 0.25) is 0 Å². The fraction of sp³-hybridized carbons (Fsp3) is 0.600. The maximum atomic E-state index is 12.3. The molecule has 0 aliphatic carbocycles. The van der Waals surface area contributed by atoms with Crippen molar-refractivity contribution in [3.05, 3.63) is 35.9 Å². The summed E-state index contributed by atoms with van der Waals surface area (Å²) in [5, 5.41) is 0. The summed E-state index contributed by atoms with van der Waals surface area (Å²) in [4.78, 5) is 26.0. The van der Waals surface area contributed by atoms with E-state index in [4.69, 9.17) is 9.47 Å². The Morgan fingerprint density at radius 3 is 2.60 bits per heavy atom. The summed E-state index contributed by atoms with van der Waals surface area (Å²) in [5.74, 6) is -0.301. The van der Waals surface area contributed by atoms with E-state index >= 15 is 0 Å². The third-order valence-electron chi connectivity index (χ3n) is 4.46. The molecule has 1 saturated heterocycles. The van der Waals surface area contributed by atoms with Crippen LogP contribution in [0.25, 0.3) is 0 Å². The molecule has 0 radical (unpaired) electrons. The van der Waals surface area contributed by atoms with Gasteiger partial charge in [-0.3, -0.25) is 4.90 Å². The highest BCUT2D eigenvalue weighted by Crippen LogP contribution is 2.20. The second-order valence-electron chi connectivity index (χ2n) is 6.47. The first-order valence-electron chi connectivity index (χ1n) is 9.36. The van der Waals surface area contributed by atoms with Crippen molar-refractivity contribution in [2.75, 3.05) is 13.2 Å². The third-order valence-corrected chi connectivity index (χ3v) is 4.46. The molecule has 1 aliphatic rings. The van der Waals surface area contributed by atoms with Gasteiger partial charge in [0.1, 0.15) is 12.6 Å². The van der Waals surface area contributed by atoms with Gasteiger partial charge >= 0.3 is 12.1 Å². The summed E-state index contributed by atoms with van der Waals surface area (Å²) in [5.41, 5.74) is 0.932. The van der Waals surface area contributed by atoms with Gasteiger partial charge in [-0.15, -0.1) is 0 Å². The van der Waals surface area contributed by atoms with Crippen molar-refractivity contribution < 1.29 is 19.1 Å². The normalized spacial score (nSPS) is 16.7. The first kappa shape index (κ1) is 19.3. The number of ether oxygens (including phenoxy) is 2. The maximum absolute atomic E-state index is 12.3. The highest BCUT2D eigenvalue weighted by atomic mass is 16.6. The van der Waals surface area contributed by atoms with Crippen molar-refractivity contribution in [3.63, 3.8) is 0 Å². The Morgan fingerprint density at radius 1 is 1.08 bits per heavy atom. The number of rotatable bonds is 9. The molecular formula is C20H29NO4. The van der Waals surface area contributed by atoms with Gasteiger partial charge in [-0.2, -0.15) is 0 Å². The van der Waals surface area contributed by atoms with Crippen molar-refractivity contribution >= 4 is 12.1 Å². The molecule has 0 aromatic heterocycles. The summed E-state index contributed by atoms with van der Waals surface area (Å²) >= 11 is 0. The number of carbonyl (C=O) groups excluding carboxylic acids is 2. The van der Waals surface area contributed by atoms with Crippen LogP contribution in [0.3, 0.4) is 0 Å². The first-order chi connectivity index (χ1) is 12.2. The summed E-state index contributed by atoms with van der Waals surface area (Å²) in [6.45, 7) is 3.37. The highest BCUT2D eigenvalue weighted by Gasteiger charge is 2.36. The van der Waals surface area contributed by atoms with Crippen molar-refractivity contribution in [2.24, 2.45) is 0 Å². The molecule has 0 bridgehead atoms. The van der Waals surface area contributed by atoms with E-state index in [0.717, 1.165) is 24.8 Å². The molecule has 1 aromatic carbocycles. The van der Waals surface area contributed by atoms with E-state index in [9.17, 15) is 9.59 Å². The Morgan fingerprint density at radius 2 is 1.84 bits per heavy atom. The van der Waals surface area contributed by atoms with Crippen molar-refractivity contribution in [3.8, 4) is 0 Å². The Balaban J connectivity index is 1.72. The molecule has 1 heterocycles. The molecule has 1 amide bonds. The van der Waals surface area contributed by atoms with Crippen LogP contribution in [0.4, 0.5) is 4.79 Å². The Labute approximate surface area is 150 Å². The van der Waals surface area contributed by atoms with Crippen LogP contribution in [0.2, 0.25) is 0 Å². The predicted molar refractivity (Wildman–Crippen MR) is 96.1 cm³/mol. The second kappa shape index (κ2) is 10.7. The Kier molecular flexibility index (Phi) is 8.29. The molecule has 1 fully saturated rings. The molecule has 138 valence electrons. The number of hydrogen-bond donors (Lipinski definition) is 0. The molecule has 1 aliphatic heterocycles. The Hall–Kier alpha value is -2.04. The number of benzene rings is 1. The molecule has 5 heteroatoms. The molecule has 1 atom stereocenters. The summed E-state index contributed by atoms with van der Waals surface area (Å²) < 4.78 is 10.7. The van der Waals surface area contributed by atoms with E-state index in [1.54, 1.807) is 0 Å². The standard InChI is InChI=1S/C20H29NO4/c1-2-3-4-5-9-15-24-19(22)18-13-10-14-21(18)20(23)25-16-17-11-7-6-8-12-17/h6-8,11-12,18H,2-5,9-10,13-16H2,1H3. The lowest BCUT2D eigenvalue weighted by Crippen LogP contribution is -2.41. The van der Waals surface area contributed by atoms with E-state index < -0.39 is 12.1 Å². The van der Waals surface area contributed by atoms with Crippen LogP contribution in [-0.4, -0.2) is 36.2 Å². The van der Waals surface area contributed by atoms with Crippen LogP contribution in [-0.2, 0) is 20.9 Å². The minimum absolute atomic E-state index is 0.218. The fourth-order valence-electron chi connectivity index (χ4n) is 3.01. The molecule has 1 unspecified atom stereocenters. The van der Waals surface area contributed by atoms with Crippen molar-refractivity contribution in [1.82, 2.24) is 4.90 Å². The average molecular weight is 347 g/mol. The van der Waals surface area contributed by atoms with E-state index in [1.165, 1.54) is 24.2 Å². The van der Waals surface area contributed by atoms with Gasteiger partial charge in [0.15, 0.2) is 0 Å². The maximum Gasteiger partial charge on any atom is 0.410 e. The van der Waals surface area contributed by atoms with Gasteiger partial charge in [-0.05, 0) is 24.8 Å². The SMILES string of the molecule is CCCCCCCOC(=O)C1CCCN1C(=O)OCc1ccccc1. The topological polar surface area (TPSA) is 55.8 Å². The predicted octanol–water partition coefficient (Wildman–Crippen LogP) is 4.30. The van der Waals surface area contributed by atoms with Gasteiger partial charge in [0.05, 0.1) is 6.61 Å². The number of likely N-dealkylation sites (tertiary alicyclic amines) is 1. The van der Waals surface area contributed by atoms with Crippen LogP contribution in [0.5, 0.6) is 0 Å². The van der Waals surface area contributed by atoms with E-state index in [-0.39, 0.29) is 12.6 Å². The molecule has 0 N–H and O–H groups in total. The molecule has 2 rings (SSSR count).